The van der Waals surface area contributed by atoms with Gasteiger partial charge in [-0.05, 0) is 73.9 Å². The van der Waals surface area contributed by atoms with E-state index in [0.29, 0.717) is 12.0 Å². The molecule has 4 aromatic carbocycles. The van der Waals surface area contributed by atoms with Crippen molar-refractivity contribution >= 4 is 10.8 Å². The first-order valence-corrected chi connectivity index (χ1v) is 12.3. The highest BCUT2D eigenvalue weighted by molar-refractivity contribution is 7.85. The number of hydrogen-bond donors (Lipinski definition) is 0. The molecule has 0 heterocycles. The first kappa shape index (κ1) is 23.2. The summed E-state index contributed by atoms with van der Waals surface area (Å²) in [6, 6.07) is 35.4. The molecule has 1 unspecified atom stereocenters. The highest BCUT2D eigenvalue weighted by Gasteiger charge is 2.29. The van der Waals surface area contributed by atoms with E-state index >= 15 is 0 Å². The van der Waals surface area contributed by atoms with Crippen LogP contribution in [0.2, 0.25) is 0 Å². The van der Waals surface area contributed by atoms with Crippen LogP contribution in [0.4, 0.5) is 0 Å². The second-order valence-electron chi connectivity index (χ2n) is 8.51. The monoisotopic (exact) mass is 459 g/mol. The number of aryl methyl sites for hydroxylation is 1. The zero-order valence-corrected chi connectivity index (χ0v) is 20.1. The van der Waals surface area contributed by atoms with Gasteiger partial charge < -0.3 is 0 Å². The normalized spacial score (nSPS) is 13.1. The summed E-state index contributed by atoms with van der Waals surface area (Å²) in [7, 11) is -1.34. The lowest BCUT2D eigenvalue weighted by Gasteiger charge is -2.27. The fourth-order valence-corrected chi connectivity index (χ4v) is 5.25. The summed E-state index contributed by atoms with van der Waals surface area (Å²) in [4.78, 5) is 1.54. The van der Waals surface area contributed by atoms with E-state index in [9.17, 15) is 4.21 Å². The quantitative estimate of drug-likeness (QED) is 0.316. The van der Waals surface area contributed by atoms with Crippen molar-refractivity contribution in [2.45, 2.75) is 35.5 Å². The van der Waals surface area contributed by atoms with Crippen LogP contribution < -0.4 is 0 Å². The van der Waals surface area contributed by atoms with E-state index in [2.05, 4.69) is 24.8 Å². The van der Waals surface area contributed by atoms with Crippen molar-refractivity contribution in [3.63, 3.8) is 0 Å². The number of nitriles is 1. The summed E-state index contributed by atoms with van der Waals surface area (Å²) < 4.78 is 13.7. The SMILES string of the molecule is Cc1ccc(S(=O)c2ccccc2[C@](C)(C#Cc2ccccc2)Cc2ccc(C#N)cc2)cc1. The average molecular weight is 460 g/mol. The van der Waals surface area contributed by atoms with Crippen LogP contribution in [0, 0.1) is 30.1 Å². The van der Waals surface area contributed by atoms with Gasteiger partial charge in [0.25, 0.3) is 0 Å². The number of benzene rings is 4. The molecule has 4 rings (SSSR count). The lowest BCUT2D eigenvalue weighted by molar-refractivity contribution is 0.599. The van der Waals surface area contributed by atoms with Crippen molar-refractivity contribution in [1.82, 2.24) is 0 Å². The molecule has 0 saturated heterocycles. The highest BCUT2D eigenvalue weighted by Crippen LogP contribution is 2.34. The Morgan fingerprint density at radius 2 is 1.44 bits per heavy atom. The Hall–Kier alpha value is -3.92. The minimum Gasteiger partial charge on any atom is -0.249 e. The van der Waals surface area contributed by atoms with E-state index in [1.807, 2.05) is 110 Å². The summed E-state index contributed by atoms with van der Waals surface area (Å²) in [5.41, 5.74) is 4.11. The van der Waals surface area contributed by atoms with E-state index in [0.717, 1.165) is 32.0 Å². The molecular formula is C31H25NOS. The maximum Gasteiger partial charge on any atom is 0.0991 e. The predicted octanol–water partition coefficient (Wildman–Crippen LogP) is 6.59. The molecule has 0 aromatic heterocycles. The number of hydrogen-bond acceptors (Lipinski definition) is 2. The molecule has 4 aromatic rings. The third-order valence-electron chi connectivity index (χ3n) is 5.81. The highest BCUT2D eigenvalue weighted by atomic mass is 32.2. The second kappa shape index (κ2) is 10.3. The standard InChI is InChI=1S/C31H25NOS/c1-24-12-18-28(19-13-24)34(33)30-11-7-6-10-29(30)31(2,21-20-25-8-4-3-5-9-25)22-26-14-16-27(23-32)17-15-26/h3-19H,22H2,1-2H3/t31-,34?/m1/s1. The van der Waals surface area contributed by atoms with Gasteiger partial charge in [-0.3, -0.25) is 0 Å². The first-order chi connectivity index (χ1) is 16.5. The predicted molar refractivity (Wildman–Crippen MR) is 138 cm³/mol. The molecule has 34 heavy (non-hydrogen) atoms. The van der Waals surface area contributed by atoms with Crippen LogP contribution in [0.25, 0.3) is 0 Å². The van der Waals surface area contributed by atoms with E-state index in [-0.39, 0.29) is 0 Å². The molecular weight excluding hydrogens is 434 g/mol. The molecule has 0 amide bonds. The Balaban J connectivity index is 1.82. The van der Waals surface area contributed by atoms with Gasteiger partial charge in [-0.1, -0.05) is 78.1 Å². The number of rotatable bonds is 5. The molecule has 0 spiro atoms. The van der Waals surface area contributed by atoms with Crippen LogP contribution in [-0.4, -0.2) is 4.21 Å². The molecule has 0 aliphatic carbocycles. The minimum absolute atomic E-state index is 0.596. The molecule has 0 bridgehead atoms. The van der Waals surface area contributed by atoms with Gasteiger partial charge in [0, 0.05) is 15.4 Å². The molecule has 166 valence electrons. The van der Waals surface area contributed by atoms with Crippen molar-refractivity contribution in [1.29, 1.82) is 5.26 Å². The molecule has 0 radical (unpaired) electrons. The van der Waals surface area contributed by atoms with Crippen LogP contribution in [0.3, 0.4) is 0 Å². The van der Waals surface area contributed by atoms with Gasteiger partial charge >= 0.3 is 0 Å². The molecule has 0 fully saturated rings. The van der Waals surface area contributed by atoms with E-state index in [1.165, 1.54) is 0 Å². The Morgan fingerprint density at radius 3 is 2.12 bits per heavy atom. The third-order valence-corrected chi connectivity index (χ3v) is 7.27. The van der Waals surface area contributed by atoms with Crippen molar-refractivity contribution in [3.8, 4) is 17.9 Å². The Bertz CT molecular complexity index is 1400. The Kier molecular flexibility index (Phi) is 7.07. The van der Waals surface area contributed by atoms with Gasteiger partial charge in [-0.2, -0.15) is 5.26 Å². The molecule has 2 atom stereocenters. The molecule has 2 nitrogen and oxygen atoms in total. The van der Waals surface area contributed by atoms with Crippen LogP contribution in [0.5, 0.6) is 0 Å². The van der Waals surface area contributed by atoms with Crippen molar-refractivity contribution < 1.29 is 4.21 Å². The first-order valence-electron chi connectivity index (χ1n) is 11.1. The van der Waals surface area contributed by atoms with Gasteiger partial charge in [-0.15, -0.1) is 0 Å². The number of nitrogens with zero attached hydrogens (tertiary/aromatic N) is 1. The van der Waals surface area contributed by atoms with Gasteiger partial charge in [0.2, 0.25) is 0 Å². The zero-order chi connectivity index (χ0) is 24.0. The summed E-state index contributed by atoms with van der Waals surface area (Å²) in [5, 5.41) is 9.17. The van der Waals surface area contributed by atoms with Crippen molar-refractivity contribution in [3.05, 3.63) is 131 Å². The maximum atomic E-state index is 13.7. The van der Waals surface area contributed by atoms with Crippen molar-refractivity contribution in [2.75, 3.05) is 0 Å². The van der Waals surface area contributed by atoms with Crippen LogP contribution in [-0.2, 0) is 22.6 Å². The summed E-state index contributed by atoms with van der Waals surface area (Å²) >= 11 is 0. The lowest BCUT2D eigenvalue weighted by atomic mass is 9.77. The van der Waals surface area contributed by atoms with Crippen LogP contribution in [0.15, 0.2) is 113 Å². The smallest absolute Gasteiger partial charge is 0.0991 e. The molecule has 0 saturated carbocycles. The summed E-state index contributed by atoms with van der Waals surface area (Å²) in [6.07, 6.45) is 0.626. The molecule has 0 aliphatic rings. The largest absolute Gasteiger partial charge is 0.249 e. The van der Waals surface area contributed by atoms with E-state index in [1.54, 1.807) is 0 Å². The van der Waals surface area contributed by atoms with Crippen LogP contribution in [0.1, 0.15) is 34.7 Å². The summed E-state index contributed by atoms with van der Waals surface area (Å²) in [5.74, 6) is 6.85. The topological polar surface area (TPSA) is 40.9 Å². The van der Waals surface area contributed by atoms with Crippen LogP contribution >= 0.6 is 0 Å². The van der Waals surface area contributed by atoms with E-state index < -0.39 is 16.2 Å². The fourth-order valence-electron chi connectivity index (χ4n) is 3.92. The average Bonchev–Trinajstić information content (AvgIpc) is 2.89. The maximum absolute atomic E-state index is 13.7. The molecule has 0 aliphatic heterocycles. The Labute approximate surface area is 204 Å². The van der Waals surface area contributed by atoms with Gasteiger partial charge in [-0.25, -0.2) is 4.21 Å². The van der Waals surface area contributed by atoms with Gasteiger partial charge in [0.1, 0.15) is 0 Å². The van der Waals surface area contributed by atoms with Gasteiger partial charge in [0.05, 0.1) is 27.8 Å². The van der Waals surface area contributed by atoms with Crippen molar-refractivity contribution in [2.24, 2.45) is 0 Å². The van der Waals surface area contributed by atoms with Gasteiger partial charge in [0.15, 0.2) is 0 Å². The third kappa shape index (κ3) is 5.34. The second-order valence-corrected chi connectivity index (χ2v) is 9.96. The molecule has 3 heteroatoms. The lowest BCUT2D eigenvalue weighted by Crippen LogP contribution is -2.25. The minimum atomic E-state index is -1.34. The molecule has 0 N–H and O–H groups in total. The summed E-state index contributed by atoms with van der Waals surface area (Å²) in [6.45, 7) is 4.13. The van der Waals surface area contributed by atoms with E-state index in [4.69, 9.17) is 5.26 Å². The Morgan fingerprint density at radius 1 is 0.794 bits per heavy atom. The zero-order valence-electron chi connectivity index (χ0n) is 19.3. The fraction of sp³-hybridized carbons (Fsp3) is 0.129.